The second-order valence-electron chi connectivity index (χ2n) is 7.15. The quantitative estimate of drug-likeness (QED) is 0.848. The van der Waals surface area contributed by atoms with Gasteiger partial charge >= 0.3 is 0 Å². The van der Waals surface area contributed by atoms with E-state index in [1.54, 1.807) is 18.9 Å². The van der Waals surface area contributed by atoms with Crippen LogP contribution < -0.4 is 4.90 Å². The predicted octanol–water partition coefficient (Wildman–Crippen LogP) is 2.67. The summed E-state index contributed by atoms with van der Waals surface area (Å²) < 4.78 is 1.82. The number of nitrogens with zero attached hydrogens (tertiary/aromatic N) is 6. The van der Waals surface area contributed by atoms with E-state index >= 15 is 0 Å². The average Bonchev–Trinajstić information content (AvgIpc) is 3.04. The summed E-state index contributed by atoms with van der Waals surface area (Å²) in [6.45, 7) is 3.74. The fourth-order valence-electron chi connectivity index (χ4n) is 3.77. The van der Waals surface area contributed by atoms with Crippen LogP contribution in [0.15, 0.2) is 24.9 Å². The Morgan fingerprint density at radius 2 is 1.46 bits per heavy atom. The minimum absolute atomic E-state index is 0.0240. The lowest BCUT2D eigenvalue weighted by molar-refractivity contribution is 0.0756. The van der Waals surface area contributed by atoms with Crippen LogP contribution >= 0.6 is 0 Å². The molecule has 2 saturated heterocycles. The molecule has 0 unspecified atom stereocenters. The predicted molar refractivity (Wildman–Crippen MR) is 99.6 cm³/mol. The monoisotopic (exact) mass is 354 g/mol. The standard InChI is InChI=1S/C19H26N6O/c26-19(24-10-4-1-2-5-11-24)16-13-25(15-22-16)18-12-17(20-14-21-18)23-8-6-3-7-9-23/h12-15H,1-11H2. The highest BCUT2D eigenvalue weighted by Crippen LogP contribution is 2.19. The fourth-order valence-corrected chi connectivity index (χ4v) is 3.77. The van der Waals surface area contributed by atoms with Crippen molar-refractivity contribution in [2.45, 2.75) is 44.9 Å². The lowest BCUT2D eigenvalue weighted by atomic mass is 10.1. The maximum atomic E-state index is 12.7. The first-order chi connectivity index (χ1) is 12.8. The number of imidazole rings is 1. The van der Waals surface area contributed by atoms with E-state index in [-0.39, 0.29) is 5.91 Å². The minimum atomic E-state index is 0.0240. The number of hydrogen-bond acceptors (Lipinski definition) is 5. The lowest BCUT2D eigenvalue weighted by Crippen LogP contribution is -2.32. The summed E-state index contributed by atoms with van der Waals surface area (Å²) in [5.41, 5.74) is 0.491. The van der Waals surface area contributed by atoms with Crippen molar-refractivity contribution in [1.82, 2.24) is 24.4 Å². The third-order valence-electron chi connectivity index (χ3n) is 5.28. The third-order valence-corrected chi connectivity index (χ3v) is 5.28. The lowest BCUT2D eigenvalue weighted by Gasteiger charge is -2.27. The summed E-state index contributed by atoms with van der Waals surface area (Å²) in [6, 6.07) is 1.98. The number of anilines is 1. The van der Waals surface area contributed by atoms with Gasteiger partial charge < -0.3 is 9.80 Å². The van der Waals surface area contributed by atoms with Gasteiger partial charge in [-0.25, -0.2) is 15.0 Å². The molecule has 0 atom stereocenters. The van der Waals surface area contributed by atoms with Crippen molar-refractivity contribution in [3.8, 4) is 5.82 Å². The zero-order chi connectivity index (χ0) is 17.8. The van der Waals surface area contributed by atoms with Gasteiger partial charge in [-0.2, -0.15) is 0 Å². The normalized spacial score (nSPS) is 18.6. The van der Waals surface area contributed by atoms with E-state index in [0.717, 1.165) is 50.7 Å². The van der Waals surface area contributed by atoms with Crippen LogP contribution in [-0.2, 0) is 0 Å². The Balaban J connectivity index is 1.51. The number of amides is 1. The average molecular weight is 354 g/mol. The zero-order valence-electron chi connectivity index (χ0n) is 15.2. The second-order valence-corrected chi connectivity index (χ2v) is 7.15. The first kappa shape index (κ1) is 17.0. The van der Waals surface area contributed by atoms with E-state index in [1.807, 2.05) is 15.5 Å². The minimum Gasteiger partial charge on any atom is -0.356 e. The first-order valence-corrected chi connectivity index (χ1v) is 9.72. The smallest absolute Gasteiger partial charge is 0.274 e. The summed E-state index contributed by atoms with van der Waals surface area (Å²) in [5.74, 6) is 1.72. The number of piperidine rings is 1. The molecule has 26 heavy (non-hydrogen) atoms. The van der Waals surface area contributed by atoms with Crippen molar-refractivity contribution in [2.75, 3.05) is 31.1 Å². The summed E-state index contributed by atoms with van der Waals surface area (Å²) in [5, 5.41) is 0. The van der Waals surface area contributed by atoms with Crippen LogP contribution in [0.2, 0.25) is 0 Å². The van der Waals surface area contributed by atoms with Gasteiger partial charge in [0.25, 0.3) is 5.91 Å². The van der Waals surface area contributed by atoms with Crippen LogP contribution in [0.5, 0.6) is 0 Å². The Kier molecular flexibility index (Phi) is 5.13. The van der Waals surface area contributed by atoms with Crippen LogP contribution in [0.1, 0.15) is 55.4 Å². The van der Waals surface area contributed by atoms with Crippen LogP contribution in [0.4, 0.5) is 5.82 Å². The molecule has 0 saturated carbocycles. The van der Waals surface area contributed by atoms with E-state index < -0.39 is 0 Å². The van der Waals surface area contributed by atoms with Crippen LogP contribution in [-0.4, -0.2) is 56.5 Å². The number of carbonyl (C=O) groups excluding carboxylic acids is 1. The molecule has 2 aromatic rings. The van der Waals surface area contributed by atoms with Gasteiger partial charge in [0.2, 0.25) is 0 Å². The highest BCUT2D eigenvalue weighted by atomic mass is 16.2. The Morgan fingerprint density at radius 1 is 0.808 bits per heavy atom. The Hall–Kier alpha value is -2.44. The van der Waals surface area contributed by atoms with Crippen molar-refractivity contribution in [1.29, 1.82) is 0 Å². The molecule has 4 heterocycles. The number of aromatic nitrogens is 4. The molecule has 1 amide bonds. The molecule has 2 aliphatic heterocycles. The van der Waals surface area contributed by atoms with E-state index in [1.165, 1.54) is 32.1 Å². The van der Waals surface area contributed by atoms with Gasteiger partial charge in [-0.05, 0) is 32.1 Å². The Bertz CT molecular complexity index is 744. The summed E-state index contributed by atoms with van der Waals surface area (Å²) in [7, 11) is 0. The second kappa shape index (κ2) is 7.85. The zero-order valence-corrected chi connectivity index (χ0v) is 15.2. The number of rotatable bonds is 3. The number of carbonyl (C=O) groups is 1. The highest BCUT2D eigenvalue weighted by Gasteiger charge is 2.20. The van der Waals surface area contributed by atoms with Crippen LogP contribution in [0.3, 0.4) is 0 Å². The largest absolute Gasteiger partial charge is 0.356 e. The summed E-state index contributed by atoms with van der Waals surface area (Å²) in [4.78, 5) is 30.1. The first-order valence-electron chi connectivity index (χ1n) is 9.72. The SMILES string of the molecule is O=C(c1cn(-c2cc(N3CCCCC3)ncn2)cn1)N1CCCCCC1. The highest BCUT2D eigenvalue weighted by molar-refractivity contribution is 5.92. The van der Waals surface area contributed by atoms with Crippen molar-refractivity contribution >= 4 is 11.7 Å². The molecule has 0 aliphatic carbocycles. The molecule has 138 valence electrons. The third kappa shape index (κ3) is 3.71. The van der Waals surface area contributed by atoms with E-state index in [9.17, 15) is 4.79 Å². The number of hydrogen-bond donors (Lipinski definition) is 0. The maximum Gasteiger partial charge on any atom is 0.274 e. The van der Waals surface area contributed by atoms with E-state index in [4.69, 9.17) is 0 Å². The van der Waals surface area contributed by atoms with Crippen molar-refractivity contribution < 1.29 is 4.79 Å². The van der Waals surface area contributed by atoms with Gasteiger partial charge in [-0.3, -0.25) is 9.36 Å². The van der Waals surface area contributed by atoms with Crippen molar-refractivity contribution in [2.24, 2.45) is 0 Å². The fraction of sp³-hybridized carbons (Fsp3) is 0.579. The molecule has 0 bridgehead atoms. The maximum absolute atomic E-state index is 12.7. The van der Waals surface area contributed by atoms with E-state index in [0.29, 0.717) is 5.69 Å². The molecule has 7 nitrogen and oxygen atoms in total. The van der Waals surface area contributed by atoms with Gasteiger partial charge in [0.15, 0.2) is 0 Å². The summed E-state index contributed by atoms with van der Waals surface area (Å²) in [6.07, 6.45) is 13.3. The topological polar surface area (TPSA) is 67.2 Å². The van der Waals surface area contributed by atoms with E-state index in [2.05, 4.69) is 19.9 Å². The molecule has 0 radical (unpaired) electrons. The molecule has 2 fully saturated rings. The molecule has 7 heteroatoms. The van der Waals surface area contributed by atoms with Gasteiger partial charge in [-0.15, -0.1) is 0 Å². The van der Waals surface area contributed by atoms with Crippen LogP contribution in [0.25, 0.3) is 5.82 Å². The van der Waals surface area contributed by atoms with Crippen molar-refractivity contribution in [3.63, 3.8) is 0 Å². The van der Waals surface area contributed by atoms with Gasteiger partial charge in [0.05, 0.1) is 0 Å². The molecule has 2 aliphatic rings. The van der Waals surface area contributed by atoms with Crippen molar-refractivity contribution in [3.05, 3.63) is 30.6 Å². The molecule has 2 aromatic heterocycles. The number of likely N-dealkylation sites (tertiary alicyclic amines) is 1. The molecule has 0 aromatic carbocycles. The van der Waals surface area contributed by atoms with Gasteiger partial charge in [-0.1, -0.05) is 12.8 Å². The molecular formula is C19H26N6O. The van der Waals surface area contributed by atoms with Gasteiger partial charge in [0.1, 0.15) is 30.0 Å². The molecule has 4 rings (SSSR count). The molecule has 0 N–H and O–H groups in total. The molecular weight excluding hydrogens is 328 g/mol. The Morgan fingerprint density at radius 3 is 2.23 bits per heavy atom. The van der Waals surface area contributed by atoms with Crippen LogP contribution in [0, 0.1) is 0 Å². The van der Waals surface area contributed by atoms with Gasteiger partial charge in [0, 0.05) is 38.4 Å². The Labute approximate surface area is 154 Å². The molecule has 0 spiro atoms. The summed E-state index contributed by atoms with van der Waals surface area (Å²) >= 11 is 0.